The van der Waals surface area contributed by atoms with Gasteiger partial charge in [0.2, 0.25) is 0 Å². The molecule has 1 nitrogen and oxygen atoms in total. The molecular weight excluding hydrogens is 314 g/mol. The number of aliphatic hydroxyl groups is 1. The van der Waals surface area contributed by atoms with Gasteiger partial charge in [-0.3, -0.25) is 0 Å². The summed E-state index contributed by atoms with van der Waals surface area (Å²) in [6.45, 7) is 0. The Kier molecular flexibility index (Phi) is 3.72. The molecule has 1 aromatic rings. The Morgan fingerprint density at radius 3 is 1.45 bits per heavy atom. The van der Waals surface area contributed by atoms with Crippen LogP contribution in [0, 0.1) is 23.3 Å². The molecule has 0 unspecified atom stereocenters. The molecule has 20 heavy (non-hydrogen) atoms. The van der Waals surface area contributed by atoms with Gasteiger partial charge in [-0.25, -0.2) is 17.6 Å². The predicted octanol–water partition coefficient (Wildman–Crippen LogP) is 3.56. The molecule has 1 N–H and O–H groups in total. The van der Waals surface area contributed by atoms with Crippen LogP contribution in [0.1, 0.15) is 5.56 Å². The molecule has 0 aliphatic rings. The molecule has 0 heterocycles. The highest BCUT2D eigenvalue weighted by atomic mass is 19.4. The molecule has 114 valence electrons. The summed E-state index contributed by atoms with van der Waals surface area (Å²) in [6, 6.07) is -0.908. The summed E-state index contributed by atoms with van der Waals surface area (Å²) in [5.74, 6) is -11.0. The van der Waals surface area contributed by atoms with Crippen LogP contribution in [0.25, 0.3) is 0 Å². The van der Waals surface area contributed by atoms with E-state index >= 15 is 0 Å². The van der Waals surface area contributed by atoms with Crippen LogP contribution in [0.2, 0.25) is 0 Å². The Labute approximate surface area is 103 Å². The zero-order chi connectivity index (χ0) is 16.1. The summed E-state index contributed by atoms with van der Waals surface area (Å²) in [6.07, 6.45) is -13.1. The third-order valence-electron chi connectivity index (χ3n) is 2.31. The van der Waals surface area contributed by atoms with Gasteiger partial charge in [-0.2, -0.15) is 26.3 Å². The minimum Gasteiger partial charge on any atom is -0.369 e. The Bertz CT molecular complexity index is 515. The zero-order valence-electron chi connectivity index (χ0n) is 8.80. The van der Waals surface area contributed by atoms with Crippen LogP contribution in [0.15, 0.2) is 6.07 Å². The highest BCUT2D eigenvalue weighted by Crippen LogP contribution is 2.51. The van der Waals surface area contributed by atoms with E-state index in [4.69, 9.17) is 5.11 Å². The van der Waals surface area contributed by atoms with Crippen molar-refractivity contribution in [2.45, 2.75) is 18.0 Å². The number of rotatable bonds is 1. The maximum atomic E-state index is 13.1. The zero-order valence-corrected chi connectivity index (χ0v) is 8.80. The molecule has 0 saturated carbocycles. The molecule has 0 fully saturated rings. The topological polar surface area (TPSA) is 20.2 Å². The Morgan fingerprint density at radius 1 is 0.700 bits per heavy atom. The first-order chi connectivity index (χ1) is 8.75. The van der Waals surface area contributed by atoms with Crippen LogP contribution >= 0.6 is 0 Å². The molecule has 0 aromatic heterocycles. The summed E-state index contributed by atoms with van der Waals surface area (Å²) in [7, 11) is 0. The van der Waals surface area contributed by atoms with Gasteiger partial charge < -0.3 is 5.11 Å². The second kappa shape index (κ2) is 4.50. The van der Waals surface area contributed by atoms with E-state index in [1.807, 2.05) is 0 Å². The normalized spacial score (nSPS) is 13.8. The van der Waals surface area contributed by atoms with Gasteiger partial charge in [0.1, 0.15) is 0 Å². The average Bonchev–Trinajstić information content (AvgIpc) is 2.27. The van der Waals surface area contributed by atoms with Crippen molar-refractivity contribution in [3.8, 4) is 0 Å². The minimum absolute atomic E-state index is 0.908. The lowest BCUT2D eigenvalue weighted by molar-refractivity contribution is -0.377. The number of halogens is 10. The van der Waals surface area contributed by atoms with Crippen LogP contribution in [0.3, 0.4) is 0 Å². The van der Waals surface area contributed by atoms with Crippen molar-refractivity contribution in [1.82, 2.24) is 0 Å². The summed E-state index contributed by atoms with van der Waals surface area (Å²) < 4.78 is 125. The van der Waals surface area contributed by atoms with Crippen LogP contribution in [0.4, 0.5) is 43.9 Å². The van der Waals surface area contributed by atoms with E-state index in [-0.39, 0.29) is 0 Å². The average molecular weight is 316 g/mol. The SMILES string of the molecule is OC(c1cc(F)c(F)c(F)c1F)(C(F)(F)F)C(F)(F)F. The second-order valence-corrected chi connectivity index (χ2v) is 3.55. The fourth-order valence-electron chi connectivity index (χ4n) is 1.30. The van der Waals surface area contributed by atoms with Crippen molar-refractivity contribution in [2.75, 3.05) is 0 Å². The van der Waals surface area contributed by atoms with Gasteiger partial charge >= 0.3 is 12.4 Å². The molecule has 1 rings (SSSR count). The third kappa shape index (κ3) is 2.19. The number of hydrogen-bond acceptors (Lipinski definition) is 1. The van der Waals surface area contributed by atoms with E-state index in [2.05, 4.69) is 0 Å². The lowest BCUT2D eigenvalue weighted by Gasteiger charge is -2.32. The first kappa shape index (κ1) is 16.5. The summed E-state index contributed by atoms with van der Waals surface area (Å²) in [4.78, 5) is 0. The Hall–Kier alpha value is -1.52. The molecule has 0 saturated heterocycles. The quantitative estimate of drug-likeness (QED) is 0.477. The minimum atomic E-state index is -6.55. The summed E-state index contributed by atoms with van der Waals surface area (Å²) >= 11 is 0. The Balaban J connectivity index is 3.79. The van der Waals surface area contributed by atoms with Crippen molar-refractivity contribution in [3.63, 3.8) is 0 Å². The molecular formula is C9H2F10O. The molecule has 0 bridgehead atoms. The molecule has 0 atom stereocenters. The highest BCUT2D eigenvalue weighted by molar-refractivity contribution is 5.30. The van der Waals surface area contributed by atoms with E-state index in [0.29, 0.717) is 0 Å². The molecule has 1 aromatic carbocycles. The third-order valence-corrected chi connectivity index (χ3v) is 2.31. The van der Waals surface area contributed by atoms with Crippen LogP contribution in [-0.2, 0) is 5.60 Å². The highest BCUT2D eigenvalue weighted by Gasteiger charge is 2.72. The maximum absolute atomic E-state index is 13.1. The predicted molar refractivity (Wildman–Crippen MR) is 42.3 cm³/mol. The lowest BCUT2D eigenvalue weighted by Crippen LogP contribution is -2.54. The van der Waals surface area contributed by atoms with E-state index in [0.717, 1.165) is 0 Å². The van der Waals surface area contributed by atoms with Crippen LogP contribution in [0.5, 0.6) is 0 Å². The van der Waals surface area contributed by atoms with Crippen molar-refractivity contribution < 1.29 is 49.0 Å². The molecule has 0 spiro atoms. The van der Waals surface area contributed by atoms with Gasteiger partial charge in [0.15, 0.2) is 23.3 Å². The van der Waals surface area contributed by atoms with Gasteiger partial charge in [-0.15, -0.1) is 0 Å². The van der Waals surface area contributed by atoms with E-state index < -0.39 is 52.9 Å². The second-order valence-electron chi connectivity index (χ2n) is 3.55. The fourth-order valence-corrected chi connectivity index (χ4v) is 1.30. The van der Waals surface area contributed by atoms with Gasteiger partial charge in [0.05, 0.1) is 0 Å². The van der Waals surface area contributed by atoms with E-state index in [1.165, 1.54) is 0 Å². The first-order valence-electron chi connectivity index (χ1n) is 4.44. The van der Waals surface area contributed by atoms with Crippen LogP contribution < -0.4 is 0 Å². The van der Waals surface area contributed by atoms with E-state index in [9.17, 15) is 43.9 Å². The number of hydrogen-bond donors (Lipinski definition) is 1. The fraction of sp³-hybridized carbons (Fsp3) is 0.333. The van der Waals surface area contributed by atoms with Crippen molar-refractivity contribution in [3.05, 3.63) is 34.9 Å². The number of benzene rings is 1. The van der Waals surface area contributed by atoms with Crippen molar-refractivity contribution in [2.24, 2.45) is 0 Å². The monoisotopic (exact) mass is 316 g/mol. The lowest BCUT2D eigenvalue weighted by atomic mass is 9.91. The summed E-state index contributed by atoms with van der Waals surface area (Å²) in [5, 5.41) is 8.73. The smallest absolute Gasteiger partial charge is 0.369 e. The van der Waals surface area contributed by atoms with Crippen molar-refractivity contribution >= 4 is 0 Å². The molecule has 0 aliphatic heterocycles. The maximum Gasteiger partial charge on any atom is 0.430 e. The van der Waals surface area contributed by atoms with Crippen LogP contribution in [-0.4, -0.2) is 17.5 Å². The largest absolute Gasteiger partial charge is 0.430 e. The molecule has 11 heteroatoms. The molecule has 0 aliphatic carbocycles. The van der Waals surface area contributed by atoms with E-state index in [1.54, 1.807) is 0 Å². The summed E-state index contributed by atoms with van der Waals surface area (Å²) in [5.41, 5.74) is -8.71. The van der Waals surface area contributed by atoms with Gasteiger partial charge in [-0.05, 0) is 6.07 Å². The van der Waals surface area contributed by atoms with Crippen molar-refractivity contribution in [1.29, 1.82) is 0 Å². The Morgan fingerprint density at radius 2 is 1.10 bits per heavy atom. The van der Waals surface area contributed by atoms with Gasteiger partial charge in [-0.1, -0.05) is 0 Å². The van der Waals surface area contributed by atoms with Gasteiger partial charge in [0.25, 0.3) is 5.60 Å². The standard InChI is InChI=1S/C9H2F10O/c10-3-1-2(4(11)6(13)5(3)12)7(20,8(14,15)16)9(17,18)19/h1,20H. The number of alkyl halides is 6. The first-order valence-corrected chi connectivity index (χ1v) is 4.44. The van der Waals surface area contributed by atoms with Gasteiger partial charge in [0, 0.05) is 5.56 Å². The molecule has 0 radical (unpaired) electrons. The molecule has 0 amide bonds.